The molecule has 98 valence electrons. The zero-order valence-corrected chi connectivity index (χ0v) is 10.8. The van der Waals surface area contributed by atoms with Crippen LogP contribution in [-0.4, -0.2) is 23.9 Å². The molecule has 1 aromatic carbocycles. The normalized spacial score (nSPS) is 12.2. The predicted molar refractivity (Wildman–Crippen MR) is 65.8 cm³/mol. The molecule has 4 nitrogen and oxygen atoms in total. The lowest BCUT2D eigenvalue weighted by atomic mass is 10.3. The van der Waals surface area contributed by atoms with Crippen LogP contribution < -0.4 is 10.3 Å². The van der Waals surface area contributed by atoms with Gasteiger partial charge in [-0.25, -0.2) is 4.79 Å². The maximum Gasteiger partial charge on any atom is 0.441 e. The molecule has 0 aliphatic carbocycles. The number of hydrazone groups is 1. The van der Waals surface area contributed by atoms with Gasteiger partial charge in [0.05, 0.1) is 5.69 Å². The highest BCUT2D eigenvalue weighted by molar-refractivity contribution is 9.18. The van der Waals surface area contributed by atoms with Crippen LogP contribution in [-0.2, 0) is 0 Å². The molecule has 2 amide bonds. The van der Waals surface area contributed by atoms with Gasteiger partial charge in [0.15, 0.2) is 0 Å². The number of rotatable bonds is 2. The van der Waals surface area contributed by atoms with Crippen LogP contribution in [0.4, 0.5) is 23.7 Å². The third kappa shape index (κ3) is 3.73. The van der Waals surface area contributed by atoms with Gasteiger partial charge in [0, 0.05) is 7.05 Å². The number of carbonyl (C=O) groups is 1. The summed E-state index contributed by atoms with van der Waals surface area (Å²) >= 11 is 2.30. The molecule has 0 fully saturated rings. The minimum absolute atomic E-state index is 0.220. The van der Waals surface area contributed by atoms with Gasteiger partial charge >= 0.3 is 12.2 Å². The molecule has 0 atom stereocenters. The molecule has 0 aliphatic rings. The van der Waals surface area contributed by atoms with Crippen molar-refractivity contribution in [1.82, 2.24) is 5.32 Å². The van der Waals surface area contributed by atoms with Crippen molar-refractivity contribution < 1.29 is 18.0 Å². The van der Waals surface area contributed by atoms with Gasteiger partial charge in [-0.3, -0.25) is 0 Å². The third-order valence-corrected chi connectivity index (χ3v) is 2.44. The van der Waals surface area contributed by atoms with Gasteiger partial charge in [-0.15, -0.1) is 0 Å². The zero-order valence-electron chi connectivity index (χ0n) is 9.20. The number of alkyl halides is 3. The first kappa shape index (κ1) is 14.5. The monoisotopic (exact) mass is 323 g/mol. The molecule has 0 radical (unpaired) electrons. The molecule has 1 N–H and O–H groups in total. The summed E-state index contributed by atoms with van der Waals surface area (Å²) in [5, 5.41) is 6.05. The maximum absolute atomic E-state index is 12.4. The van der Waals surface area contributed by atoms with E-state index in [4.69, 9.17) is 0 Å². The fourth-order valence-corrected chi connectivity index (χ4v) is 1.20. The number of hydrogen-bond donors (Lipinski definition) is 1. The predicted octanol–water partition coefficient (Wildman–Crippen LogP) is 3.10. The second-order valence-corrected chi connectivity index (χ2v) is 3.84. The molecule has 0 aliphatic heterocycles. The molecule has 0 heterocycles. The van der Waals surface area contributed by atoms with E-state index in [1.807, 2.05) is 0 Å². The van der Waals surface area contributed by atoms with E-state index in [9.17, 15) is 18.0 Å². The first-order chi connectivity index (χ1) is 8.36. The second kappa shape index (κ2) is 5.85. The molecule has 18 heavy (non-hydrogen) atoms. The molecule has 0 aromatic heterocycles. The largest absolute Gasteiger partial charge is 0.441 e. The van der Waals surface area contributed by atoms with Gasteiger partial charge in [-0.05, 0) is 28.1 Å². The van der Waals surface area contributed by atoms with E-state index in [1.165, 1.54) is 19.2 Å². The molecular weight excluding hydrogens is 315 g/mol. The van der Waals surface area contributed by atoms with Gasteiger partial charge in [-0.1, -0.05) is 18.2 Å². The Bertz CT molecular complexity index is 447. The minimum Gasteiger partial charge on any atom is -0.339 e. The van der Waals surface area contributed by atoms with E-state index in [-0.39, 0.29) is 5.69 Å². The van der Waals surface area contributed by atoms with E-state index < -0.39 is 16.8 Å². The van der Waals surface area contributed by atoms with Crippen molar-refractivity contribution in [3.8, 4) is 0 Å². The smallest absolute Gasteiger partial charge is 0.339 e. The Labute approximate surface area is 110 Å². The SMILES string of the molecule is CNC(=O)N(/N=C(\Br)C(F)(F)F)c1ccccc1. The van der Waals surface area contributed by atoms with Crippen LogP contribution in [0.1, 0.15) is 0 Å². The number of benzene rings is 1. The first-order valence-corrected chi connectivity index (χ1v) is 5.53. The summed E-state index contributed by atoms with van der Waals surface area (Å²) in [4.78, 5) is 11.5. The molecule has 0 saturated heterocycles. The number of anilines is 1. The number of amides is 2. The van der Waals surface area contributed by atoms with Gasteiger partial charge in [0.1, 0.15) is 0 Å². The van der Waals surface area contributed by atoms with Crippen molar-refractivity contribution in [3.05, 3.63) is 30.3 Å². The van der Waals surface area contributed by atoms with E-state index in [2.05, 4.69) is 26.3 Å². The molecule has 0 spiro atoms. The highest BCUT2D eigenvalue weighted by atomic mass is 79.9. The van der Waals surface area contributed by atoms with Gasteiger partial charge in [0.2, 0.25) is 4.62 Å². The lowest BCUT2D eigenvalue weighted by molar-refractivity contribution is -0.0552. The Morgan fingerprint density at radius 1 is 1.33 bits per heavy atom. The van der Waals surface area contributed by atoms with Crippen LogP contribution in [0.5, 0.6) is 0 Å². The second-order valence-electron chi connectivity index (χ2n) is 3.09. The topological polar surface area (TPSA) is 44.7 Å². The average molecular weight is 324 g/mol. The number of halogens is 4. The number of carbonyl (C=O) groups excluding carboxylic acids is 1. The van der Waals surface area contributed by atoms with Crippen molar-refractivity contribution in [2.75, 3.05) is 12.1 Å². The molecule has 1 aromatic rings. The van der Waals surface area contributed by atoms with Crippen molar-refractivity contribution in [3.63, 3.8) is 0 Å². The average Bonchev–Trinajstić information content (AvgIpc) is 2.34. The Morgan fingerprint density at radius 3 is 2.33 bits per heavy atom. The Hall–Kier alpha value is -1.57. The van der Waals surface area contributed by atoms with E-state index in [1.54, 1.807) is 18.2 Å². The Balaban J connectivity index is 3.13. The van der Waals surface area contributed by atoms with Gasteiger partial charge in [-0.2, -0.15) is 23.3 Å². The van der Waals surface area contributed by atoms with Crippen LogP contribution in [0.2, 0.25) is 0 Å². The standard InChI is InChI=1S/C10H9BrF3N3O/c1-15-9(18)17(7-5-3-2-4-6-7)16-8(11)10(12,13)14/h2-6H,1H3,(H,15,18)/b16-8-. The van der Waals surface area contributed by atoms with Gasteiger partial charge in [0.25, 0.3) is 0 Å². The number of nitrogens with zero attached hydrogens (tertiary/aromatic N) is 2. The van der Waals surface area contributed by atoms with E-state index in [0.29, 0.717) is 5.01 Å². The molecule has 0 bridgehead atoms. The van der Waals surface area contributed by atoms with Crippen molar-refractivity contribution in [1.29, 1.82) is 0 Å². The fraction of sp³-hybridized carbons (Fsp3) is 0.200. The van der Waals surface area contributed by atoms with Crippen molar-refractivity contribution >= 4 is 32.3 Å². The molecule has 1 rings (SSSR count). The van der Waals surface area contributed by atoms with Gasteiger partial charge < -0.3 is 5.32 Å². The third-order valence-electron chi connectivity index (χ3n) is 1.83. The quantitative estimate of drug-likeness (QED) is 0.659. The number of urea groups is 1. The highest BCUT2D eigenvalue weighted by Crippen LogP contribution is 2.23. The summed E-state index contributed by atoms with van der Waals surface area (Å²) < 4.78 is 35.8. The van der Waals surface area contributed by atoms with Crippen LogP contribution in [0.25, 0.3) is 0 Å². The summed E-state index contributed by atoms with van der Waals surface area (Å²) in [5.41, 5.74) is 0.220. The minimum atomic E-state index is -4.65. The molecular formula is C10H9BrF3N3O. The fourth-order valence-electron chi connectivity index (χ4n) is 1.04. The summed E-state index contributed by atoms with van der Waals surface area (Å²) in [6.07, 6.45) is -4.65. The summed E-state index contributed by atoms with van der Waals surface area (Å²) in [7, 11) is 1.30. The zero-order chi connectivity index (χ0) is 13.8. The number of para-hydroxylation sites is 1. The van der Waals surface area contributed by atoms with E-state index >= 15 is 0 Å². The van der Waals surface area contributed by atoms with Crippen LogP contribution in [0.15, 0.2) is 35.4 Å². The number of nitrogens with one attached hydrogen (secondary N) is 1. The van der Waals surface area contributed by atoms with Crippen molar-refractivity contribution in [2.24, 2.45) is 5.10 Å². The van der Waals surface area contributed by atoms with Crippen LogP contribution in [0.3, 0.4) is 0 Å². The summed E-state index contributed by atoms with van der Waals surface area (Å²) in [6.45, 7) is 0. The lowest BCUT2D eigenvalue weighted by Gasteiger charge is -2.17. The Kier molecular flexibility index (Phi) is 4.71. The van der Waals surface area contributed by atoms with Crippen LogP contribution in [0, 0.1) is 0 Å². The van der Waals surface area contributed by atoms with E-state index in [0.717, 1.165) is 0 Å². The molecule has 0 saturated carbocycles. The first-order valence-electron chi connectivity index (χ1n) is 4.74. The molecule has 0 unspecified atom stereocenters. The summed E-state index contributed by atoms with van der Waals surface area (Å²) in [5.74, 6) is 0. The number of hydrogen-bond acceptors (Lipinski definition) is 2. The summed E-state index contributed by atoms with van der Waals surface area (Å²) in [6, 6.07) is 7.01. The highest BCUT2D eigenvalue weighted by Gasteiger charge is 2.35. The lowest BCUT2D eigenvalue weighted by Crippen LogP contribution is -2.36. The van der Waals surface area contributed by atoms with Crippen molar-refractivity contribution in [2.45, 2.75) is 6.18 Å². The molecule has 8 heteroatoms. The Morgan fingerprint density at radius 2 is 1.89 bits per heavy atom. The van der Waals surface area contributed by atoms with Crippen LogP contribution >= 0.6 is 15.9 Å². The maximum atomic E-state index is 12.4.